The summed E-state index contributed by atoms with van der Waals surface area (Å²) in [5.74, 6) is -0.635. The Morgan fingerprint density at radius 3 is 2.31 bits per heavy atom. The first-order valence-electron chi connectivity index (χ1n) is 8.21. The highest BCUT2D eigenvalue weighted by Gasteiger charge is 2.10. The van der Waals surface area contributed by atoms with Crippen molar-refractivity contribution < 1.29 is 9.59 Å². The number of nitrogens with one attached hydrogen (secondary N) is 2. The van der Waals surface area contributed by atoms with Crippen molar-refractivity contribution in [2.24, 2.45) is 0 Å². The van der Waals surface area contributed by atoms with Gasteiger partial charge in [0.1, 0.15) is 5.01 Å². The number of aromatic nitrogens is 2. The first kappa shape index (κ1) is 17.8. The van der Waals surface area contributed by atoms with E-state index < -0.39 is 0 Å². The number of amides is 2. The van der Waals surface area contributed by atoms with Crippen LogP contribution in [0.15, 0.2) is 54.6 Å². The monoisotopic (exact) mass is 366 g/mol. The number of anilines is 1. The van der Waals surface area contributed by atoms with Crippen molar-refractivity contribution in [2.45, 2.75) is 13.3 Å². The summed E-state index contributed by atoms with van der Waals surface area (Å²) >= 11 is 1.32. The number of nitrogens with zero attached hydrogens (tertiary/aromatic N) is 2. The van der Waals surface area contributed by atoms with E-state index in [1.165, 1.54) is 11.3 Å². The summed E-state index contributed by atoms with van der Waals surface area (Å²) in [6, 6.07) is 17.2. The molecule has 3 aromatic rings. The van der Waals surface area contributed by atoms with Crippen LogP contribution in [0, 0.1) is 0 Å². The van der Waals surface area contributed by atoms with Crippen LogP contribution < -0.4 is 10.6 Å². The number of hydrogen-bond donors (Lipinski definition) is 2. The Morgan fingerprint density at radius 1 is 0.962 bits per heavy atom. The van der Waals surface area contributed by atoms with E-state index in [1.807, 2.05) is 49.4 Å². The zero-order chi connectivity index (χ0) is 18.4. The van der Waals surface area contributed by atoms with Gasteiger partial charge in [-0.25, -0.2) is 0 Å². The standard InChI is InChI=1S/C19H18N4O2S/c1-2-17-22-23-19(26-17)21-16(24)12-20-18(25)15-10-8-14(9-11-15)13-6-4-3-5-7-13/h3-11H,2,12H2,1H3,(H,20,25)(H,21,23,24). The van der Waals surface area contributed by atoms with E-state index in [9.17, 15) is 9.59 Å². The first-order valence-corrected chi connectivity index (χ1v) is 9.03. The first-order chi connectivity index (χ1) is 12.7. The third kappa shape index (κ3) is 4.52. The second-order valence-corrected chi connectivity index (χ2v) is 6.59. The van der Waals surface area contributed by atoms with Crippen LogP contribution in [0.1, 0.15) is 22.3 Å². The fraction of sp³-hybridized carbons (Fsp3) is 0.158. The predicted molar refractivity (Wildman–Crippen MR) is 102 cm³/mol. The molecule has 2 amide bonds. The summed E-state index contributed by atoms with van der Waals surface area (Å²) in [5, 5.41) is 14.3. The van der Waals surface area contributed by atoms with Crippen LogP contribution >= 0.6 is 11.3 Å². The van der Waals surface area contributed by atoms with Crippen molar-refractivity contribution in [1.82, 2.24) is 15.5 Å². The molecule has 1 aromatic heterocycles. The van der Waals surface area contributed by atoms with Gasteiger partial charge in [-0.05, 0) is 29.7 Å². The Hall–Kier alpha value is -3.06. The molecule has 0 aliphatic carbocycles. The highest BCUT2D eigenvalue weighted by atomic mass is 32.1. The number of rotatable bonds is 6. The lowest BCUT2D eigenvalue weighted by atomic mass is 10.0. The van der Waals surface area contributed by atoms with Gasteiger partial charge in [0, 0.05) is 5.56 Å². The second-order valence-electron chi connectivity index (χ2n) is 5.53. The Bertz CT molecular complexity index is 891. The molecular formula is C19H18N4O2S. The molecule has 0 fully saturated rings. The largest absolute Gasteiger partial charge is 0.343 e. The fourth-order valence-electron chi connectivity index (χ4n) is 2.32. The van der Waals surface area contributed by atoms with Gasteiger partial charge in [0.05, 0.1) is 6.54 Å². The summed E-state index contributed by atoms with van der Waals surface area (Å²) in [7, 11) is 0. The Balaban J connectivity index is 1.53. The van der Waals surface area contributed by atoms with Gasteiger partial charge in [0.15, 0.2) is 0 Å². The lowest BCUT2D eigenvalue weighted by molar-refractivity contribution is -0.115. The van der Waals surface area contributed by atoms with Crippen molar-refractivity contribution in [1.29, 1.82) is 0 Å². The highest BCUT2D eigenvalue weighted by molar-refractivity contribution is 7.15. The molecule has 0 aliphatic heterocycles. The molecule has 0 atom stereocenters. The predicted octanol–water partition coefficient (Wildman–Crippen LogP) is 3.14. The minimum absolute atomic E-state index is 0.125. The molecule has 7 heteroatoms. The van der Waals surface area contributed by atoms with Gasteiger partial charge < -0.3 is 5.32 Å². The fourth-order valence-corrected chi connectivity index (χ4v) is 3.01. The SMILES string of the molecule is CCc1nnc(NC(=O)CNC(=O)c2ccc(-c3ccccc3)cc2)s1. The molecule has 0 saturated carbocycles. The molecule has 2 aromatic carbocycles. The summed E-state index contributed by atoms with van der Waals surface area (Å²) in [5.41, 5.74) is 2.62. The summed E-state index contributed by atoms with van der Waals surface area (Å²) < 4.78 is 0. The van der Waals surface area contributed by atoms with Crippen molar-refractivity contribution in [3.8, 4) is 11.1 Å². The number of benzene rings is 2. The Morgan fingerprint density at radius 2 is 1.65 bits per heavy atom. The quantitative estimate of drug-likeness (QED) is 0.702. The van der Waals surface area contributed by atoms with E-state index in [0.717, 1.165) is 22.6 Å². The molecule has 0 aliphatic rings. The average molecular weight is 366 g/mol. The van der Waals surface area contributed by atoms with Crippen LogP contribution in [0.25, 0.3) is 11.1 Å². The lowest BCUT2D eigenvalue weighted by Gasteiger charge is -2.06. The topological polar surface area (TPSA) is 84.0 Å². The van der Waals surface area contributed by atoms with Crippen molar-refractivity contribution in [2.75, 3.05) is 11.9 Å². The summed E-state index contributed by atoms with van der Waals surface area (Å²) in [6.45, 7) is 1.84. The van der Waals surface area contributed by atoms with E-state index in [1.54, 1.807) is 12.1 Å². The molecule has 1 heterocycles. The molecule has 0 bridgehead atoms. The molecular weight excluding hydrogens is 348 g/mol. The molecule has 2 N–H and O–H groups in total. The molecule has 0 radical (unpaired) electrons. The smallest absolute Gasteiger partial charge is 0.251 e. The Labute approximate surface area is 155 Å². The molecule has 0 saturated heterocycles. The van der Waals surface area contributed by atoms with Crippen molar-refractivity contribution >= 4 is 28.3 Å². The van der Waals surface area contributed by atoms with E-state index in [4.69, 9.17) is 0 Å². The van der Waals surface area contributed by atoms with Crippen LogP contribution in [0.3, 0.4) is 0 Å². The van der Waals surface area contributed by atoms with Gasteiger partial charge in [-0.2, -0.15) is 0 Å². The van der Waals surface area contributed by atoms with Crippen LogP contribution in [0.5, 0.6) is 0 Å². The van der Waals surface area contributed by atoms with Crippen molar-refractivity contribution in [3.05, 3.63) is 65.2 Å². The third-order valence-corrected chi connectivity index (χ3v) is 4.66. The van der Waals surface area contributed by atoms with Gasteiger partial charge in [0.2, 0.25) is 11.0 Å². The van der Waals surface area contributed by atoms with Crippen LogP contribution in [0.4, 0.5) is 5.13 Å². The zero-order valence-electron chi connectivity index (χ0n) is 14.2. The van der Waals surface area contributed by atoms with E-state index in [-0.39, 0.29) is 18.4 Å². The molecule has 0 unspecified atom stereocenters. The van der Waals surface area contributed by atoms with Gasteiger partial charge in [-0.3, -0.25) is 14.9 Å². The van der Waals surface area contributed by atoms with E-state index >= 15 is 0 Å². The van der Waals surface area contributed by atoms with Crippen LogP contribution in [0.2, 0.25) is 0 Å². The number of carbonyl (C=O) groups is 2. The minimum atomic E-state index is -0.335. The average Bonchev–Trinajstić information content (AvgIpc) is 3.14. The lowest BCUT2D eigenvalue weighted by Crippen LogP contribution is -2.32. The van der Waals surface area contributed by atoms with E-state index in [0.29, 0.717) is 10.7 Å². The third-order valence-electron chi connectivity index (χ3n) is 3.68. The van der Waals surface area contributed by atoms with Gasteiger partial charge in [-0.15, -0.1) is 10.2 Å². The molecule has 26 heavy (non-hydrogen) atoms. The molecule has 0 spiro atoms. The molecule has 3 rings (SSSR count). The number of aryl methyl sites for hydroxylation is 1. The van der Waals surface area contributed by atoms with Gasteiger partial charge in [-0.1, -0.05) is 60.7 Å². The minimum Gasteiger partial charge on any atom is -0.343 e. The van der Waals surface area contributed by atoms with Crippen LogP contribution in [-0.4, -0.2) is 28.6 Å². The summed E-state index contributed by atoms with van der Waals surface area (Å²) in [4.78, 5) is 24.1. The summed E-state index contributed by atoms with van der Waals surface area (Å²) in [6.07, 6.45) is 0.767. The van der Waals surface area contributed by atoms with Crippen molar-refractivity contribution in [3.63, 3.8) is 0 Å². The molecule has 6 nitrogen and oxygen atoms in total. The highest BCUT2D eigenvalue weighted by Crippen LogP contribution is 2.19. The maximum atomic E-state index is 12.2. The van der Waals surface area contributed by atoms with Gasteiger partial charge >= 0.3 is 0 Å². The maximum absolute atomic E-state index is 12.2. The van der Waals surface area contributed by atoms with Crippen LogP contribution in [-0.2, 0) is 11.2 Å². The number of carbonyl (C=O) groups excluding carboxylic acids is 2. The normalized spacial score (nSPS) is 10.3. The second kappa shape index (κ2) is 8.35. The van der Waals surface area contributed by atoms with Gasteiger partial charge in [0.25, 0.3) is 5.91 Å². The maximum Gasteiger partial charge on any atom is 0.251 e. The molecule has 132 valence electrons. The zero-order valence-corrected chi connectivity index (χ0v) is 15.0. The number of hydrogen-bond acceptors (Lipinski definition) is 5. The van der Waals surface area contributed by atoms with E-state index in [2.05, 4.69) is 20.8 Å². The Kier molecular flexibility index (Phi) is 5.70.